The molecule has 0 spiro atoms. The van der Waals surface area contributed by atoms with Gasteiger partial charge in [-0.3, -0.25) is 0 Å². The molecule has 0 heterocycles. The second-order valence-electron chi connectivity index (χ2n) is 2.85. The van der Waals surface area contributed by atoms with E-state index in [0.29, 0.717) is 5.69 Å². The molecule has 76 valence electrons. The third-order valence-electron chi connectivity index (χ3n) is 1.76. The van der Waals surface area contributed by atoms with Gasteiger partial charge in [-0.25, -0.2) is 0 Å². The van der Waals surface area contributed by atoms with E-state index in [-0.39, 0.29) is 12.4 Å². The molecule has 0 N–H and O–H groups in total. The number of methoxy groups -OCH3 is 1. The van der Waals surface area contributed by atoms with Crippen LogP contribution >= 0.6 is 0 Å². The minimum Gasteiger partial charge on any atom is -1.00 e. The Balaban J connectivity index is 0.00000169. The lowest BCUT2D eigenvalue weighted by Crippen LogP contribution is -3.00. The van der Waals surface area contributed by atoms with Gasteiger partial charge in [0.15, 0.2) is 4.98 Å². The van der Waals surface area contributed by atoms with Gasteiger partial charge in [0, 0.05) is 20.2 Å². The molecule has 0 aliphatic rings. The maximum absolute atomic E-state index is 8.57. The van der Waals surface area contributed by atoms with E-state index in [1.54, 1.807) is 25.3 Å². The van der Waals surface area contributed by atoms with Gasteiger partial charge >= 0.3 is 5.69 Å². The summed E-state index contributed by atoms with van der Waals surface area (Å²) in [4.78, 5) is 5.00. The van der Waals surface area contributed by atoms with Crippen LogP contribution in [0.25, 0.3) is 4.98 Å². The average Bonchev–Trinajstić information content (AvgIpc) is 2.16. The number of hydrogen-bond acceptors (Lipinski definition) is 3. The van der Waals surface area contributed by atoms with E-state index < -0.39 is 0 Å². The van der Waals surface area contributed by atoms with Gasteiger partial charge in [0.2, 0.25) is 5.39 Å². The van der Waals surface area contributed by atoms with Gasteiger partial charge in [-0.15, -0.1) is 0 Å². The van der Waals surface area contributed by atoms with Gasteiger partial charge in [0.05, 0.1) is 18.9 Å². The molecule has 1 aromatic rings. The molecule has 0 radical (unpaired) electrons. The highest BCUT2D eigenvalue weighted by Gasteiger charge is 2.11. The van der Waals surface area contributed by atoms with Crippen LogP contribution in [0.2, 0.25) is 0 Å². The first-order chi connectivity index (χ1) is 6.19. The Morgan fingerprint density at radius 3 is 2.43 bits per heavy atom. The van der Waals surface area contributed by atoms with Crippen LogP contribution in [0.1, 0.15) is 0 Å². The zero-order chi connectivity index (χ0) is 9.84. The number of hydrogen-bond donors (Lipinski definition) is 0. The first kappa shape index (κ1) is 12.5. The highest BCUT2D eigenvalue weighted by Crippen LogP contribution is 2.30. The Morgan fingerprint density at radius 1 is 1.36 bits per heavy atom. The standard InChI is InChI=1S/C9H12N3O.ClH/c1-12(2)8-6-7(11-10)4-5-9(8)13-3;/h4-6H,1-3H3;1H/q+1;/p-1. The van der Waals surface area contributed by atoms with Crippen molar-refractivity contribution in [1.82, 2.24) is 0 Å². The lowest BCUT2D eigenvalue weighted by atomic mass is 10.2. The Kier molecular flexibility index (Phi) is 4.74. The van der Waals surface area contributed by atoms with Crippen molar-refractivity contribution in [2.75, 3.05) is 26.1 Å². The van der Waals surface area contributed by atoms with Crippen LogP contribution in [0, 0.1) is 5.39 Å². The van der Waals surface area contributed by atoms with E-state index in [9.17, 15) is 0 Å². The molecular formula is C9H12ClN3O. The van der Waals surface area contributed by atoms with Gasteiger partial charge in [0.1, 0.15) is 5.75 Å². The van der Waals surface area contributed by atoms with Gasteiger partial charge < -0.3 is 22.0 Å². The molecule has 0 unspecified atom stereocenters. The molecule has 14 heavy (non-hydrogen) atoms. The van der Waals surface area contributed by atoms with Crippen molar-refractivity contribution in [2.24, 2.45) is 0 Å². The summed E-state index contributed by atoms with van der Waals surface area (Å²) in [6.45, 7) is 0. The molecule has 4 nitrogen and oxygen atoms in total. The summed E-state index contributed by atoms with van der Waals surface area (Å²) in [5.41, 5.74) is 1.40. The van der Waals surface area contributed by atoms with Crippen molar-refractivity contribution in [3.63, 3.8) is 0 Å². The highest BCUT2D eigenvalue weighted by atomic mass is 35.5. The summed E-state index contributed by atoms with van der Waals surface area (Å²) in [6.07, 6.45) is 0. The quantitative estimate of drug-likeness (QED) is 0.607. The van der Waals surface area contributed by atoms with Gasteiger partial charge in [-0.1, -0.05) is 0 Å². The van der Waals surface area contributed by atoms with Crippen molar-refractivity contribution in [1.29, 1.82) is 5.39 Å². The molecule has 0 bridgehead atoms. The molecule has 0 aliphatic heterocycles. The van der Waals surface area contributed by atoms with E-state index in [1.165, 1.54) is 0 Å². The van der Waals surface area contributed by atoms with E-state index in [1.807, 2.05) is 19.0 Å². The summed E-state index contributed by atoms with van der Waals surface area (Å²) < 4.78 is 5.14. The van der Waals surface area contributed by atoms with E-state index in [0.717, 1.165) is 11.4 Å². The van der Waals surface area contributed by atoms with E-state index in [2.05, 4.69) is 4.98 Å². The van der Waals surface area contributed by atoms with Crippen LogP contribution in [0.5, 0.6) is 5.75 Å². The third-order valence-corrected chi connectivity index (χ3v) is 1.76. The molecule has 0 fully saturated rings. The number of diazo groups is 1. The highest BCUT2D eigenvalue weighted by molar-refractivity contribution is 5.65. The maximum atomic E-state index is 8.57. The topological polar surface area (TPSA) is 40.6 Å². The number of anilines is 1. The minimum absolute atomic E-state index is 0. The molecular weight excluding hydrogens is 202 g/mol. The van der Waals surface area contributed by atoms with Gasteiger partial charge in [-0.05, 0) is 6.07 Å². The molecule has 1 rings (SSSR count). The van der Waals surface area contributed by atoms with Crippen LogP contribution < -0.4 is 22.0 Å². The summed E-state index contributed by atoms with van der Waals surface area (Å²) in [5, 5.41) is 8.57. The zero-order valence-electron chi connectivity index (χ0n) is 8.36. The van der Waals surface area contributed by atoms with Crippen molar-refractivity contribution in [3.05, 3.63) is 23.2 Å². The lowest BCUT2D eigenvalue weighted by Gasteiger charge is -2.14. The molecule has 0 atom stereocenters. The number of nitrogens with zero attached hydrogens (tertiary/aromatic N) is 3. The van der Waals surface area contributed by atoms with Gasteiger partial charge in [0.25, 0.3) is 0 Å². The second kappa shape index (κ2) is 5.30. The predicted octanol–water partition coefficient (Wildman–Crippen LogP) is -0.750. The minimum atomic E-state index is 0. The van der Waals surface area contributed by atoms with Crippen molar-refractivity contribution in [3.8, 4) is 5.75 Å². The molecule has 1 aromatic carbocycles. The SMILES string of the molecule is COc1ccc([N+]#N)cc1N(C)C.[Cl-]. The van der Waals surface area contributed by atoms with Crippen molar-refractivity contribution in [2.45, 2.75) is 0 Å². The molecule has 0 aliphatic carbocycles. The normalized spacial score (nSPS) is 8.43. The van der Waals surface area contributed by atoms with Crippen LogP contribution in [0.3, 0.4) is 0 Å². The van der Waals surface area contributed by atoms with Crippen LogP contribution in [0.15, 0.2) is 18.2 Å². The molecule has 0 aromatic heterocycles. The summed E-state index contributed by atoms with van der Waals surface area (Å²) >= 11 is 0. The fraction of sp³-hybridized carbons (Fsp3) is 0.333. The number of rotatable bonds is 2. The Hall–Kier alpha value is -1.47. The summed E-state index contributed by atoms with van der Waals surface area (Å²) in [5.74, 6) is 0.761. The number of halogens is 1. The number of ether oxygens (including phenoxy) is 1. The predicted molar refractivity (Wildman–Crippen MR) is 52.1 cm³/mol. The smallest absolute Gasteiger partial charge is 0.387 e. The molecule has 0 amide bonds. The molecule has 5 heteroatoms. The lowest BCUT2D eigenvalue weighted by molar-refractivity contribution is -0.00000328. The van der Waals surface area contributed by atoms with Crippen LogP contribution in [-0.2, 0) is 0 Å². The van der Waals surface area contributed by atoms with Crippen LogP contribution in [0.4, 0.5) is 11.4 Å². The van der Waals surface area contributed by atoms with E-state index in [4.69, 9.17) is 10.1 Å². The largest absolute Gasteiger partial charge is 1.00 e. The first-order valence-corrected chi connectivity index (χ1v) is 3.89. The maximum Gasteiger partial charge on any atom is 0.387 e. The molecule has 0 saturated heterocycles. The average molecular weight is 214 g/mol. The van der Waals surface area contributed by atoms with Gasteiger partial charge in [-0.2, -0.15) is 0 Å². The Bertz CT molecular complexity index is 346. The van der Waals surface area contributed by atoms with E-state index >= 15 is 0 Å². The van der Waals surface area contributed by atoms with Crippen molar-refractivity contribution >= 4 is 11.4 Å². The monoisotopic (exact) mass is 213 g/mol. The third kappa shape index (κ3) is 2.51. The fourth-order valence-electron chi connectivity index (χ4n) is 1.09. The fourth-order valence-corrected chi connectivity index (χ4v) is 1.09. The Morgan fingerprint density at radius 2 is 2.00 bits per heavy atom. The second-order valence-corrected chi connectivity index (χ2v) is 2.85. The number of benzene rings is 1. The van der Waals surface area contributed by atoms with Crippen molar-refractivity contribution < 1.29 is 17.1 Å². The first-order valence-electron chi connectivity index (χ1n) is 3.89. The Labute approximate surface area is 89.5 Å². The van der Waals surface area contributed by atoms with Crippen LogP contribution in [-0.4, -0.2) is 21.2 Å². The summed E-state index contributed by atoms with van der Waals surface area (Å²) in [6, 6.07) is 5.20. The zero-order valence-corrected chi connectivity index (χ0v) is 9.12. The molecule has 0 saturated carbocycles. The summed E-state index contributed by atoms with van der Waals surface area (Å²) in [7, 11) is 5.41.